The summed E-state index contributed by atoms with van der Waals surface area (Å²) in [6.07, 6.45) is -4.40. The lowest BCUT2D eigenvalue weighted by Crippen LogP contribution is -2.49. The van der Waals surface area contributed by atoms with Gasteiger partial charge >= 0.3 is 6.18 Å². The third-order valence-electron chi connectivity index (χ3n) is 4.50. The summed E-state index contributed by atoms with van der Waals surface area (Å²) >= 11 is 0. The van der Waals surface area contributed by atoms with Gasteiger partial charge in [-0.3, -0.25) is 14.6 Å². The minimum absolute atomic E-state index is 0.0381. The number of nitrogens with zero attached hydrogens (tertiary/aromatic N) is 2. The lowest BCUT2D eigenvalue weighted by molar-refractivity contribution is -0.139. The highest BCUT2D eigenvalue weighted by Crippen LogP contribution is 2.40. The van der Waals surface area contributed by atoms with Crippen LogP contribution in [0.4, 0.5) is 13.2 Å². The first-order valence-electron chi connectivity index (χ1n) is 8.83. The number of rotatable bonds is 8. The van der Waals surface area contributed by atoms with Crippen LogP contribution in [0.2, 0.25) is 0 Å². The standard InChI is InChI=1S/C18H26F3N3O4/c1-26-14-5-4-13(16(27-2)17(14)28-3)10-23-6-8-24(9-7-23)11-15(25)22-12-18(19,20)21/h4-5H,6-12H2,1-3H3,(H,22,25). The van der Waals surface area contributed by atoms with Gasteiger partial charge in [0.1, 0.15) is 6.54 Å². The maximum atomic E-state index is 12.2. The van der Waals surface area contributed by atoms with Gasteiger partial charge in [0.15, 0.2) is 11.5 Å². The van der Waals surface area contributed by atoms with Crippen LogP contribution >= 0.6 is 0 Å². The molecule has 1 heterocycles. The molecule has 7 nitrogen and oxygen atoms in total. The molecule has 0 atom stereocenters. The molecule has 0 spiro atoms. The molecule has 1 N–H and O–H groups in total. The molecule has 158 valence electrons. The van der Waals surface area contributed by atoms with Crippen molar-refractivity contribution in [1.29, 1.82) is 0 Å². The zero-order valence-corrected chi connectivity index (χ0v) is 16.3. The molecule has 1 fully saturated rings. The number of hydrogen-bond donors (Lipinski definition) is 1. The fourth-order valence-corrected chi connectivity index (χ4v) is 3.09. The minimum Gasteiger partial charge on any atom is -0.493 e. The predicted octanol–water partition coefficient (Wildman–Crippen LogP) is 1.51. The predicted molar refractivity (Wildman–Crippen MR) is 96.9 cm³/mol. The summed E-state index contributed by atoms with van der Waals surface area (Å²) in [5.74, 6) is 1.10. The molecule has 0 bridgehead atoms. The van der Waals surface area contributed by atoms with Crippen LogP contribution in [0.25, 0.3) is 0 Å². The monoisotopic (exact) mass is 405 g/mol. The van der Waals surface area contributed by atoms with E-state index in [0.29, 0.717) is 50.0 Å². The largest absolute Gasteiger partial charge is 0.493 e. The smallest absolute Gasteiger partial charge is 0.405 e. The summed E-state index contributed by atoms with van der Waals surface area (Å²) in [4.78, 5) is 15.7. The van der Waals surface area contributed by atoms with E-state index in [-0.39, 0.29) is 6.54 Å². The van der Waals surface area contributed by atoms with Gasteiger partial charge in [-0.1, -0.05) is 6.07 Å². The Balaban J connectivity index is 1.88. The Morgan fingerprint density at radius 2 is 1.61 bits per heavy atom. The molecule has 0 saturated carbocycles. The first-order valence-corrected chi connectivity index (χ1v) is 8.83. The Hall–Kier alpha value is -2.20. The zero-order chi connectivity index (χ0) is 20.7. The third kappa shape index (κ3) is 6.16. The summed E-state index contributed by atoms with van der Waals surface area (Å²) < 4.78 is 52.6. The summed E-state index contributed by atoms with van der Waals surface area (Å²) in [7, 11) is 4.67. The maximum absolute atomic E-state index is 12.2. The van der Waals surface area contributed by atoms with Crippen molar-refractivity contribution in [2.75, 3.05) is 60.6 Å². The molecule has 1 saturated heterocycles. The number of benzene rings is 1. The van der Waals surface area contributed by atoms with E-state index in [2.05, 4.69) is 4.90 Å². The van der Waals surface area contributed by atoms with Crippen LogP contribution in [-0.2, 0) is 11.3 Å². The van der Waals surface area contributed by atoms with Crippen molar-refractivity contribution in [1.82, 2.24) is 15.1 Å². The van der Waals surface area contributed by atoms with Crippen molar-refractivity contribution in [3.63, 3.8) is 0 Å². The first kappa shape index (κ1) is 22.1. The van der Waals surface area contributed by atoms with E-state index < -0.39 is 18.6 Å². The van der Waals surface area contributed by atoms with Crippen LogP contribution in [0.15, 0.2) is 12.1 Å². The Morgan fingerprint density at radius 1 is 1.00 bits per heavy atom. The highest BCUT2D eigenvalue weighted by atomic mass is 19.4. The average Bonchev–Trinajstić information content (AvgIpc) is 2.66. The molecule has 2 rings (SSSR count). The normalized spacial score (nSPS) is 15.9. The Kier molecular flexibility index (Phi) is 7.76. The molecule has 0 aromatic heterocycles. The fourth-order valence-electron chi connectivity index (χ4n) is 3.09. The molecular formula is C18H26F3N3O4. The number of methoxy groups -OCH3 is 3. The van der Waals surface area contributed by atoms with Crippen LogP contribution in [0.5, 0.6) is 17.2 Å². The van der Waals surface area contributed by atoms with Crippen LogP contribution < -0.4 is 19.5 Å². The summed E-state index contributed by atoms with van der Waals surface area (Å²) in [5, 5.41) is 1.90. The maximum Gasteiger partial charge on any atom is 0.405 e. The van der Waals surface area contributed by atoms with Crippen molar-refractivity contribution in [3.05, 3.63) is 17.7 Å². The fraction of sp³-hybridized carbons (Fsp3) is 0.611. The van der Waals surface area contributed by atoms with E-state index in [1.807, 2.05) is 22.3 Å². The first-order chi connectivity index (χ1) is 13.3. The van der Waals surface area contributed by atoms with Gasteiger partial charge in [0, 0.05) is 38.3 Å². The zero-order valence-electron chi connectivity index (χ0n) is 16.3. The molecule has 10 heteroatoms. The van der Waals surface area contributed by atoms with Gasteiger partial charge in [-0.15, -0.1) is 0 Å². The highest BCUT2D eigenvalue weighted by molar-refractivity contribution is 5.78. The van der Waals surface area contributed by atoms with Crippen molar-refractivity contribution in [2.45, 2.75) is 12.7 Å². The van der Waals surface area contributed by atoms with Gasteiger partial charge in [-0.25, -0.2) is 0 Å². The number of alkyl halides is 3. The number of amides is 1. The second-order valence-corrected chi connectivity index (χ2v) is 6.44. The Bertz CT molecular complexity index is 662. The minimum atomic E-state index is -4.40. The molecule has 1 aromatic carbocycles. The molecule has 1 amide bonds. The van der Waals surface area contributed by atoms with Crippen molar-refractivity contribution >= 4 is 5.91 Å². The van der Waals surface area contributed by atoms with Gasteiger partial charge in [0.2, 0.25) is 11.7 Å². The van der Waals surface area contributed by atoms with Gasteiger partial charge < -0.3 is 19.5 Å². The molecule has 0 radical (unpaired) electrons. The molecule has 1 aliphatic heterocycles. The summed E-state index contributed by atoms with van der Waals surface area (Å²) in [6, 6.07) is 3.73. The lowest BCUT2D eigenvalue weighted by Gasteiger charge is -2.34. The van der Waals surface area contributed by atoms with E-state index >= 15 is 0 Å². The second kappa shape index (κ2) is 9.83. The van der Waals surface area contributed by atoms with Gasteiger partial charge in [0.25, 0.3) is 0 Å². The molecule has 0 aliphatic carbocycles. The van der Waals surface area contributed by atoms with Crippen molar-refractivity contribution in [2.24, 2.45) is 0 Å². The number of ether oxygens (including phenoxy) is 3. The number of hydrogen-bond acceptors (Lipinski definition) is 6. The van der Waals surface area contributed by atoms with E-state index in [9.17, 15) is 18.0 Å². The quantitative estimate of drug-likeness (QED) is 0.708. The number of carbonyl (C=O) groups excluding carboxylic acids is 1. The topological polar surface area (TPSA) is 63.3 Å². The van der Waals surface area contributed by atoms with Crippen LogP contribution in [0.3, 0.4) is 0 Å². The second-order valence-electron chi connectivity index (χ2n) is 6.44. The highest BCUT2D eigenvalue weighted by Gasteiger charge is 2.28. The van der Waals surface area contributed by atoms with Crippen LogP contribution in [0.1, 0.15) is 5.56 Å². The SMILES string of the molecule is COc1ccc(CN2CCN(CC(=O)NCC(F)(F)F)CC2)c(OC)c1OC. The molecule has 0 unspecified atom stereocenters. The number of carbonyl (C=O) groups is 1. The number of halogens is 3. The molecule has 28 heavy (non-hydrogen) atoms. The van der Waals surface area contributed by atoms with Crippen LogP contribution in [-0.4, -0.2) is 82.5 Å². The van der Waals surface area contributed by atoms with E-state index in [1.165, 1.54) is 0 Å². The number of piperazine rings is 1. The lowest BCUT2D eigenvalue weighted by atomic mass is 10.1. The molecular weight excluding hydrogens is 379 g/mol. The molecule has 1 aliphatic rings. The average molecular weight is 405 g/mol. The van der Waals surface area contributed by atoms with E-state index in [1.54, 1.807) is 21.3 Å². The van der Waals surface area contributed by atoms with Crippen molar-refractivity contribution < 1.29 is 32.2 Å². The van der Waals surface area contributed by atoms with E-state index in [0.717, 1.165) is 5.56 Å². The molecule has 1 aromatic rings. The Morgan fingerprint density at radius 3 is 2.14 bits per heavy atom. The van der Waals surface area contributed by atoms with E-state index in [4.69, 9.17) is 14.2 Å². The number of nitrogens with one attached hydrogen (secondary N) is 1. The summed E-state index contributed by atoms with van der Waals surface area (Å²) in [5.41, 5.74) is 0.941. The third-order valence-corrected chi connectivity index (χ3v) is 4.50. The van der Waals surface area contributed by atoms with Crippen molar-refractivity contribution in [3.8, 4) is 17.2 Å². The Labute approximate surface area is 162 Å². The van der Waals surface area contributed by atoms with Gasteiger partial charge in [-0.05, 0) is 6.07 Å². The summed E-state index contributed by atoms with van der Waals surface area (Å²) in [6.45, 7) is 1.84. The van der Waals surface area contributed by atoms with Gasteiger partial charge in [0.05, 0.1) is 27.9 Å². The van der Waals surface area contributed by atoms with Gasteiger partial charge in [-0.2, -0.15) is 13.2 Å². The van der Waals surface area contributed by atoms with Crippen LogP contribution in [0, 0.1) is 0 Å².